The average molecular weight is 349 g/mol. The van der Waals surface area contributed by atoms with E-state index in [4.69, 9.17) is 5.73 Å². The maximum Gasteiger partial charge on any atom is 0.241 e. The minimum atomic E-state index is -0.593. The Bertz CT molecular complexity index is 598. The number of carbonyl (C=O) groups excluding carboxylic acids is 2. The van der Waals surface area contributed by atoms with Crippen LogP contribution in [0, 0.1) is 17.7 Å². The molecule has 1 aromatic rings. The first-order chi connectivity index (χ1) is 11.9. The maximum absolute atomic E-state index is 13.2. The van der Waals surface area contributed by atoms with Gasteiger partial charge in [0.25, 0.3) is 0 Å². The van der Waals surface area contributed by atoms with Gasteiger partial charge in [-0.25, -0.2) is 4.39 Å². The molecule has 5 nitrogen and oxygen atoms in total. The van der Waals surface area contributed by atoms with Gasteiger partial charge in [-0.3, -0.25) is 9.59 Å². The van der Waals surface area contributed by atoms with E-state index < -0.39 is 6.04 Å². The third-order valence-corrected chi connectivity index (χ3v) is 4.82. The van der Waals surface area contributed by atoms with Crippen molar-refractivity contribution in [3.63, 3.8) is 0 Å². The van der Waals surface area contributed by atoms with Crippen LogP contribution in [-0.4, -0.2) is 42.4 Å². The molecule has 3 N–H and O–H groups in total. The van der Waals surface area contributed by atoms with Gasteiger partial charge >= 0.3 is 0 Å². The molecule has 0 unspecified atom stereocenters. The van der Waals surface area contributed by atoms with Gasteiger partial charge in [0.1, 0.15) is 5.82 Å². The molecule has 0 radical (unpaired) electrons. The molecule has 1 aliphatic rings. The van der Waals surface area contributed by atoms with Crippen molar-refractivity contribution in [2.75, 3.05) is 19.6 Å². The van der Waals surface area contributed by atoms with Crippen LogP contribution in [-0.2, 0) is 16.0 Å². The highest BCUT2D eigenvalue weighted by Crippen LogP contribution is 2.22. The van der Waals surface area contributed by atoms with Crippen LogP contribution in [0.2, 0.25) is 0 Å². The standard InChI is InChI=1S/C19H28FN3O2/c1-13(2)18(21)19(25)22-12-17(24)23-8-6-14(7-9-23)10-15-4-3-5-16(20)11-15/h3-5,11,13-14,18H,6-10,12,21H2,1-2H3,(H,22,25)/t18-/m0/s1. The Labute approximate surface area is 148 Å². The summed E-state index contributed by atoms with van der Waals surface area (Å²) in [6, 6.07) is 6.10. The van der Waals surface area contributed by atoms with E-state index in [0.29, 0.717) is 19.0 Å². The van der Waals surface area contributed by atoms with Crippen molar-refractivity contribution < 1.29 is 14.0 Å². The fourth-order valence-electron chi connectivity index (χ4n) is 3.08. The number of nitrogens with one attached hydrogen (secondary N) is 1. The van der Waals surface area contributed by atoms with Gasteiger partial charge < -0.3 is 16.0 Å². The number of hydrogen-bond donors (Lipinski definition) is 2. The Morgan fingerprint density at radius 3 is 2.60 bits per heavy atom. The molecule has 0 aliphatic carbocycles. The molecule has 138 valence electrons. The van der Waals surface area contributed by atoms with Gasteiger partial charge in [-0.15, -0.1) is 0 Å². The number of rotatable bonds is 6. The SMILES string of the molecule is CC(C)[C@H](N)C(=O)NCC(=O)N1CCC(Cc2cccc(F)c2)CC1. The highest BCUT2D eigenvalue weighted by atomic mass is 19.1. The van der Waals surface area contributed by atoms with Crippen LogP contribution in [0.4, 0.5) is 4.39 Å². The Hall–Kier alpha value is -1.95. The molecule has 0 aromatic heterocycles. The summed E-state index contributed by atoms with van der Waals surface area (Å²) in [7, 11) is 0. The molecule has 0 spiro atoms. The minimum absolute atomic E-state index is 0.00613. The Balaban J connectivity index is 1.74. The summed E-state index contributed by atoms with van der Waals surface area (Å²) in [6.45, 7) is 5.08. The predicted octanol–water partition coefficient (Wildman–Crippen LogP) is 1.71. The summed E-state index contributed by atoms with van der Waals surface area (Å²) >= 11 is 0. The number of carbonyl (C=O) groups is 2. The normalized spacial score (nSPS) is 16.8. The van der Waals surface area contributed by atoms with Gasteiger partial charge in [0.05, 0.1) is 12.6 Å². The first-order valence-corrected chi connectivity index (χ1v) is 8.92. The Morgan fingerprint density at radius 1 is 1.32 bits per heavy atom. The first-order valence-electron chi connectivity index (χ1n) is 8.92. The lowest BCUT2D eigenvalue weighted by Crippen LogP contribution is -2.49. The number of benzene rings is 1. The number of piperidine rings is 1. The number of hydrogen-bond acceptors (Lipinski definition) is 3. The second-order valence-corrected chi connectivity index (χ2v) is 7.15. The van der Waals surface area contributed by atoms with Crippen molar-refractivity contribution in [2.24, 2.45) is 17.6 Å². The van der Waals surface area contributed by atoms with E-state index in [1.165, 1.54) is 6.07 Å². The average Bonchev–Trinajstić information content (AvgIpc) is 2.59. The fourth-order valence-corrected chi connectivity index (χ4v) is 3.08. The van der Waals surface area contributed by atoms with Gasteiger partial charge in [-0.05, 0) is 48.8 Å². The lowest BCUT2D eigenvalue weighted by atomic mass is 9.90. The number of nitrogens with two attached hydrogens (primary N) is 1. The van der Waals surface area contributed by atoms with E-state index in [1.807, 2.05) is 19.9 Å². The zero-order valence-corrected chi connectivity index (χ0v) is 15.0. The Morgan fingerprint density at radius 2 is 2.00 bits per heavy atom. The van der Waals surface area contributed by atoms with Gasteiger partial charge in [0.2, 0.25) is 11.8 Å². The summed E-state index contributed by atoms with van der Waals surface area (Å²) < 4.78 is 13.2. The summed E-state index contributed by atoms with van der Waals surface area (Å²) in [5.41, 5.74) is 6.76. The molecule has 1 fully saturated rings. The summed E-state index contributed by atoms with van der Waals surface area (Å²) in [5, 5.41) is 2.62. The molecule has 0 bridgehead atoms. The van der Waals surface area contributed by atoms with Crippen LogP contribution in [0.5, 0.6) is 0 Å². The quantitative estimate of drug-likeness (QED) is 0.821. The Kier molecular flexibility index (Phi) is 6.93. The monoisotopic (exact) mass is 349 g/mol. The van der Waals surface area contributed by atoms with E-state index in [9.17, 15) is 14.0 Å². The van der Waals surface area contributed by atoms with Crippen molar-refractivity contribution in [1.29, 1.82) is 0 Å². The van der Waals surface area contributed by atoms with E-state index in [0.717, 1.165) is 24.8 Å². The highest BCUT2D eigenvalue weighted by Gasteiger charge is 2.24. The van der Waals surface area contributed by atoms with Crippen molar-refractivity contribution >= 4 is 11.8 Å². The van der Waals surface area contributed by atoms with Crippen LogP contribution < -0.4 is 11.1 Å². The molecule has 0 saturated carbocycles. The minimum Gasteiger partial charge on any atom is -0.346 e. The van der Waals surface area contributed by atoms with Crippen LogP contribution in [0.25, 0.3) is 0 Å². The number of halogens is 1. The summed E-state index contributed by atoms with van der Waals surface area (Å²) in [4.78, 5) is 25.8. The third-order valence-electron chi connectivity index (χ3n) is 4.82. The lowest BCUT2D eigenvalue weighted by Gasteiger charge is -2.32. The molecule has 2 amide bonds. The van der Waals surface area contributed by atoms with E-state index >= 15 is 0 Å². The molecule has 1 atom stereocenters. The maximum atomic E-state index is 13.2. The molecular formula is C19H28FN3O2. The van der Waals surface area contributed by atoms with Gasteiger partial charge in [-0.1, -0.05) is 26.0 Å². The molecular weight excluding hydrogens is 321 g/mol. The lowest BCUT2D eigenvalue weighted by molar-refractivity contribution is -0.134. The number of nitrogens with zero attached hydrogens (tertiary/aromatic N) is 1. The zero-order chi connectivity index (χ0) is 18.4. The largest absolute Gasteiger partial charge is 0.346 e. The summed E-state index contributed by atoms with van der Waals surface area (Å²) in [5.74, 6) is -0.0817. The second-order valence-electron chi connectivity index (χ2n) is 7.15. The number of amides is 2. The van der Waals surface area contributed by atoms with Gasteiger partial charge in [0.15, 0.2) is 0 Å². The van der Waals surface area contributed by atoms with Crippen LogP contribution in [0.3, 0.4) is 0 Å². The smallest absolute Gasteiger partial charge is 0.241 e. The highest BCUT2D eigenvalue weighted by molar-refractivity contribution is 5.87. The molecule has 1 aromatic carbocycles. The van der Waals surface area contributed by atoms with Crippen molar-refractivity contribution in [2.45, 2.75) is 39.2 Å². The van der Waals surface area contributed by atoms with Gasteiger partial charge in [0, 0.05) is 13.1 Å². The van der Waals surface area contributed by atoms with E-state index in [-0.39, 0.29) is 30.1 Å². The van der Waals surface area contributed by atoms with Crippen molar-refractivity contribution in [3.8, 4) is 0 Å². The number of likely N-dealkylation sites (tertiary alicyclic amines) is 1. The third kappa shape index (κ3) is 5.81. The van der Waals surface area contributed by atoms with E-state index in [1.54, 1.807) is 17.0 Å². The molecule has 25 heavy (non-hydrogen) atoms. The fraction of sp³-hybridized carbons (Fsp3) is 0.579. The molecule has 1 saturated heterocycles. The summed E-state index contributed by atoms with van der Waals surface area (Å²) in [6.07, 6.45) is 2.61. The predicted molar refractivity (Wildman–Crippen MR) is 95.2 cm³/mol. The van der Waals surface area contributed by atoms with Crippen molar-refractivity contribution in [3.05, 3.63) is 35.6 Å². The second kappa shape index (κ2) is 8.94. The topological polar surface area (TPSA) is 75.4 Å². The van der Waals surface area contributed by atoms with Crippen LogP contribution in [0.15, 0.2) is 24.3 Å². The molecule has 6 heteroatoms. The molecule has 1 aliphatic heterocycles. The first kappa shape index (κ1) is 19.4. The van der Waals surface area contributed by atoms with Crippen LogP contribution >= 0.6 is 0 Å². The van der Waals surface area contributed by atoms with E-state index in [2.05, 4.69) is 5.32 Å². The van der Waals surface area contributed by atoms with Crippen molar-refractivity contribution in [1.82, 2.24) is 10.2 Å². The molecule has 1 heterocycles. The molecule has 2 rings (SSSR count). The van der Waals surface area contributed by atoms with Crippen LogP contribution in [0.1, 0.15) is 32.3 Å². The zero-order valence-electron chi connectivity index (χ0n) is 15.0. The van der Waals surface area contributed by atoms with Gasteiger partial charge in [-0.2, -0.15) is 0 Å².